The van der Waals surface area contributed by atoms with Crippen LogP contribution in [-0.4, -0.2) is 16.7 Å². The number of aliphatic hydroxyl groups is 1. The summed E-state index contributed by atoms with van der Waals surface area (Å²) in [5.74, 6) is 0.186. The predicted molar refractivity (Wildman–Crippen MR) is 82.9 cm³/mol. The fourth-order valence-corrected chi connectivity index (χ4v) is 2.76. The number of aliphatic hydroxyl groups excluding tert-OH is 1. The van der Waals surface area contributed by atoms with Crippen molar-refractivity contribution in [2.75, 3.05) is 6.61 Å². The monoisotopic (exact) mass is 265 g/mol. The smallest absolute Gasteiger partial charge is 0.0500 e. The Kier molecular flexibility index (Phi) is 3.84. The number of para-hydroxylation sites is 1. The van der Waals surface area contributed by atoms with E-state index >= 15 is 0 Å². The zero-order valence-electron chi connectivity index (χ0n) is 11.4. The van der Waals surface area contributed by atoms with Crippen molar-refractivity contribution in [3.8, 4) is 0 Å². The van der Waals surface area contributed by atoms with Gasteiger partial charge in [0.05, 0.1) is 6.61 Å². The molecule has 2 nitrogen and oxygen atoms in total. The van der Waals surface area contributed by atoms with Crippen LogP contribution in [0.25, 0.3) is 10.9 Å². The van der Waals surface area contributed by atoms with Crippen molar-refractivity contribution in [1.82, 2.24) is 4.98 Å². The van der Waals surface area contributed by atoms with Crippen molar-refractivity contribution in [3.05, 3.63) is 71.9 Å². The number of rotatable bonds is 5. The lowest BCUT2D eigenvalue weighted by molar-refractivity contribution is 0.260. The summed E-state index contributed by atoms with van der Waals surface area (Å²) in [6, 6.07) is 18.7. The van der Waals surface area contributed by atoms with E-state index < -0.39 is 0 Å². The Morgan fingerprint density at radius 2 is 1.70 bits per heavy atom. The maximum Gasteiger partial charge on any atom is 0.0500 e. The van der Waals surface area contributed by atoms with Crippen LogP contribution >= 0.6 is 0 Å². The van der Waals surface area contributed by atoms with Crippen molar-refractivity contribution in [3.63, 3.8) is 0 Å². The van der Waals surface area contributed by atoms with Crippen LogP contribution in [0.2, 0.25) is 0 Å². The molecule has 0 saturated heterocycles. The lowest BCUT2D eigenvalue weighted by Crippen LogP contribution is -2.05. The van der Waals surface area contributed by atoms with E-state index in [1.54, 1.807) is 0 Å². The number of nitrogens with one attached hydrogen (secondary N) is 1. The molecule has 1 aromatic heterocycles. The zero-order valence-corrected chi connectivity index (χ0v) is 11.4. The molecule has 0 spiro atoms. The first-order valence-corrected chi connectivity index (χ1v) is 7.09. The van der Waals surface area contributed by atoms with Gasteiger partial charge in [0.25, 0.3) is 0 Å². The van der Waals surface area contributed by atoms with Gasteiger partial charge in [-0.3, -0.25) is 0 Å². The topological polar surface area (TPSA) is 36.0 Å². The molecule has 0 fully saturated rings. The number of aryl methyl sites for hydroxylation is 1. The van der Waals surface area contributed by atoms with E-state index in [4.69, 9.17) is 0 Å². The van der Waals surface area contributed by atoms with Gasteiger partial charge in [-0.1, -0.05) is 48.5 Å². The number of aromatic nitrogens is 1. The van der Waals surface area contributed by atoms with Crippen molar-refractivity contribution < 1.29 is 5.11 Å². The first kappa shape index (κ1) is 12.9. The van der Waals surface area contributed by atoms with Gasteiger partial charge in [0.2, 0.25) is 0 Å². The molecule has 0 radical (unpaired) electrons. The molecular weight excluding hydrogens is 246 g/mol. The second kappa shape index (κ2) is 5.93. The summed E-state index contributed by atoms with van der Waals surface area (Å²) in [6.07, 6.45) is 3.99. The van der Waals surface area contributed by atoms with Gasteiger partial charge in [0.15, 0.2) is 0 Å². The SMILES string of the molecule is OC[C@H](CCc1ccccc1)c1c[nH]c2ccccc12. The van der Waals surface area contributed by atoms with E-state index in [1.165, 1.54) is 16.5 Å². The van der Waals surface area contributed by atoms with Crippen LogP contribution in [0.1, 0.15) is 23.5 Å². The minimum atomic E-state index is 0.186. The molecule has 0 saturated carbocycles. The molecule has 0 aliphatic rings. The summed E-state index contributed by atoms with van der Waals surface area (Å²) in [5.41, 5.74) is 3.69. The number of fused-ring (bicyclic) bond motifs is 1. The van der Waals surface area contributed by atoms with Gasteiger partial charge >= 0.3 is 0 Å². The second-order valence-electron chi connectivity index (χ2n) is 5.19. The summed E-state index contributed by atoms with van der Waals surface area (Å²) in [6.45, 7) is 0.189. The molecule has 0 aliphatic carbocycles. The minimum Gasteiger partial charge on any atom is -0.396 e. The lowest BCUT2D eigenvalue weighted by Gasteiger charge is -2.13. The number of hydrogen-bond acceptors (Lipinski definition) is 1. The molecule has 1 atom stereocenters. The lowest BCUT2D eigenvalue weighted by atomic mass is 9.93. The summed E-state index contributed by atoms with van der Waals surface area (Å²) < 4.78 is 0. The predicted octanol–water partition coefficient (Wildman–Crippen LogP) is 3.88. The van der Waals surface area contributed by atoms with Crippen LogP contribution in [0.3, 0.4) is 0 Å². The third kappa shape index (κ3) is 2.61. The molecule has 3 rings (SSSR count). The minimum absolute atomic E-state index is 0.186. The van der Waals surface area contributed by atoms with Crippen molar-refractivity contribution in [2.45, 2.75) is 18.8 Å². The van der Waals surface area contributed by atoms with Crippen molar-refractivity contribution in [2.24, 2.45) is 0 Å². The average Bonchev–Trinajstić information content (AvgIpc) is 2.93. The van der Waals surface area contributed by atoms with Gasteiger partial charge in [0.1, 0.15) is 0 Å². The Balaban J connectivity index is 1.79. The largest absolute Gasteiger partial charge is 0.396 e. The highest BCUT2D eigenvalue weighted by atomic mass is 16.3. The van der Waals surface area contributed by atoms with Gasteiger partial charge in [0, 0.05) is 23.0 Å². The first-order valence-electron chi connectivity index (χ1n) is 7.09. The molecule has 20 heavy (non-hydrogen) atoms. The number of H-pyrrole nitrogens is 1. The third-order valence-corrected chi connectivity index (χ3v) is 3.91. The Morgan fingerprint density at radius 1 is 0.950 bits per heavy atom. The van der Waals surface area contributed by atoms with E-state index in [1.807, 2.05) is 24.4 Å². The van der Waals surface area contributed by atoms with E-state index in [0.29, 0.717) is 0 Å². The molecule has 2 aromatic carbocycles. The highest BCUT2D eigenvalue weighted by molar-refractivity contribution is 5.83. The zero-order chi connectivity index (χ0) is 13.8. The van der Waals surface area contributed by atoms with Crippen LogP contribution in [0, 0.1) is 0 Å². The van der Waals surface area contributed by atoms with Gasteiger partial charge in [-0.15, -0.1) is 0 Å². The molecule has 2 heteroatoms. The Morgan fingerprint density at radius 3 is 2.50 bits per heavy atom. The Labute approximate surface area is 119 Å². The summed E-state index contributed by atoms with van der Waals surface area (Å²) in [4.78, 5) is 3.29. The number of aromatic amines is 1. The molecule has 3 aromatic rings. The maximum atomic E-state index is 9.72. The molecule has 0 amide bonds. The summed E-state index contributed by atoms with van der Waals surface area (Å²) >= 11 is 0. The quantitative estimate of drug-likeness (QED) is 0.721. The second-order valence-corrected chi connectivity index (χ2v) is 5.19. The first-order chi connectivity index (χ1) is 9.88. The molecule has 0 aliphatic heterocycles. The molecule has 1 heterocycles. The van der Waals surface area contributed by atoms with E-state index in [-0.39, 0.29) is 12.5 Å². The highest BCUT2D eigenvalue weighted by Crippen LogP contribution is 2.28. The normalized spacial score (nSPS) is 12.7. The van der Waals surface area contributed by atoms with E-state index in [9.17, 15) is 5.11 Å². The Bertz CT molecular complexity index is 672. The summed E-state index contributed by atoms with van der Waals surface area (Å²) in [5, 5.41) is 10.9. The maximum absolute atomic E-state index is 9.72. The van der Waals surface area contributed by atoms with Gasteiger partial charge in [-0.25, -0.2) is 0 Å². The third-order valence-electron chi connectivity index (χ3n) is 3.91. The van der Waals surface area contributed by atoms with Crippen LogP contribution in [-0.2, 0) is 6.42 Å². The Hall–Kier alpha value is -2.06. The van der Waals surface area contributed by atoms with Gasteiger partial charge < -0.3 is 10.1 Å². The highest BCUT2D eigenvalue weighted by Gasteiger charge is 2.14. The van der Waals surface area contributed by atoms with Gasteiger partial charge in [-0.2, -0.15) is 0 Å². The molecular formula is C18H19NO. The number of hydrogen-bond donors (Lipinski definition) is 2. The molecule has 102 valence electrons. The van der Waals surface area contributed by atoms with Crippen molar-refractivity contribution >= 4 is 10.9 Å². The van der Waals surface area contributed by atoms with Crippen molar-refractivity contribution in [1.29, 1.82) is 0 Å². The van der Waals surface area contributed by atoms with E-state index in [2.05, 4.69) is 41.4 Å². The number of benzene rings is 2. The average molecular weight is 265 g/mol. The van der Waals surface area contributed by atoms with Crippen LogP contribution in [0.15, 0.2) is 60.8 Å². The van der Waals surface area contributed by atoms with E-state index in [0.717, 1.165) is 18.4 Å². The molecule has 2 N–H and O–H groups in total. The van der Waals surface area contributed by atoms with Crippen LogP contribution < -0.4 is 0 Å². The fraction of sp³-hybridized carbons (Fsp3) is 0.222. The fourth-order valence-electron chi connectivity index (χ4n) is 2.76. The molecule has 0 bridgehead atoms. The van der Waals surface area contributed by atoms with Crippen LogP contribution in [0.5, 0.6) is 0 Å². The van der Waals surface area contributed by atoms with Gasteiger partial charge in [-0.05, 0) is 30.0 Å². The standard InChI is InChI=1S/C18H19NO/c20-13-15(11-10-14-6-2-1-3-7-14)17-12-19-18-9-5-4-8-16(17)18/h1-9,12,15,19-20H,10-11,13H2/t15-/m0/s1. The van der Waals surface area contributed by atoms with Crippen LogP contribution in [0.4, 0.5) is 0 Å². The summed E-state index contributed by atoms with van der Waals surface area (Å²) in [7, 11) is 0. The molecule has 0 unspecified atom stereocenters.